The molecule has 0 bridgehead atoms. The molecule has 1 atom stereocenters. The van der Waals surface area contributed by atoms with Crippen LogP contribution in [0.2, 0.25) is 0 Å². The van der Waals surface area contributed by atoms with E-state index in [-0.39, 0.29) is 6.61 Å². The zero-order chi connectivity index (χ0) is 11.9. The lowest BCUT2D eigenvalue weighted by Gasteiger charge is -2.27. The summed E-state index contributed by atoms with van der Waals surface area (Å²) in [7, 11) is 0. The minimum absolute atomic E-state index is 0.0319. The highest BCUT2D eigenvalue weighted by Gasteiger charge is 2.42. The summed E-state index contributed by atoms with van der Waals surface area (Å²) in [4.78, 5) is 4.34. The van der Waals surface area contributed by atoms with E-state index in [9.17, 15) is 5.11 Å². The lowest BCUT2D eigenvalue weighted by atomic mass is 9.95. The molecule has 0 amide bonds. The first-order valence-corrected chi connectivity index (χ1v) is 6.02. The van der Waals surface area contributed by atoms with Crippen LogP contribution in [0.4, 0.5) is 0 Å². The van der Waals surface area contributed by atoms with Crippen LogP contribution < -0.4 is 5.73 Å². The summed E-state index contributed by atoms with van der Waals surface area (Å²) in [5.41, 5.74) is 7.85. The highest BCUT2D eigenvalue weighted by molar-refractivity contribution is 5.74. The molecule has 1 aliphatic rings. The number of rotatable bonds is 4. The minimum Gasteiger partial charge on any atom is -0.394 e. The standard InChI is InChI=1S/C13H17N3O/c14-13(8-17,10-5-6-10)7-16-9-15-11-3-1-2-4-12(11)16/h1-4,9-10,17H,5-8,14H2. The second-order valence-electron chi connectivity index (χ2n) is 5.03. The van der Waals surface area contributed by atoms with Crippen LogP contribution in [0.3, 0.4) is 0 Å². The van der Waals surface area contributed by atoms with E-state index in [4.69, 9.17) is 5.73 Å². The van der Waals surface area contributed by atoms with Gasteiger partial charge >= 0.3 is 0 Å². The van der Waals surface area contributed by atoms with Gasteiger partial charge in [0.05, 0.1) is 29.5 Å². The van der Waals surface area contributed by atoms with E-state index >= 15 is 0 Å². The zero-order valence-corrected chi connectivity index (χ0v) is 9.71. The molecule has 90 valence electrons. The first-order valence-electron chi connectivity index (χ1n) is 6.02. The third-order valence-electron chi connectivity index (χ3n) is 3.68. The van der Waals surface area contributed by atoms with Crippen LogP contribution in [0.25, 0.3) is 11.0 Å². The normalized spacial score (nSPS) is 19.4. The minimum atomic E-state index is -0.497. The topological polar surface area (TPSA) is 64.1 Å². The van der Waals surface area contributed by atoms with Gasteiger partial charge in [0.25, 0.3) is 0 Å². The largest absolute Gasteiger partial charge is 0.394 e. The van der Waals surface area contributed by atoms with Crippen molar-refractivity contribution in [2.24, 2.45) is 11.7 Å². The van der Waals surface area contributed by atoms with Gasteiger partial charge < -0.3 is 15.4 Å². The summed E-state index contributed by atoms with van der Waals surface area (Å²) in [6.07, 6.45) is 4.07. The van der Waals surface area contributed by atoms with Crippen LogP contribution in [0.5, 0.6) is 0 Å². The Hall–Kier alpha value is -1.39. The maximum absolute atomic E-state index is 9.51. The maximum atomic E-state index is 9.51. The van der Waals surface area contributed by atoms with Crippen LogP contribution in [-0.4, -0.2) is 26.8 Å². The number of aliphatic hydroxyl groups is 1. The first kappa shape index (κ1) is 10.7. The van der Waals surface area contributed by atoms with E-state index < -0.39 is 5.54 Å². The molecule has 0 saturated heterocycles. The fourth-order valence-corrected chi connectivity index (χ4v) is 2.42. The fraction of sp³-hybridized carbons (Fsp3) is 0.462. The number of benzene rings is 1. The van der Waals surface area contributed by atoms with Crippen LogP contribution in [0.1, 0.15) is 12.8 Å². The molecule has 1 heterocycles. The smallest absolute Gasteiger partial charge is 0.0958 e. The number of para-hydroxylation sites is 2. The quantitative estimate of drug-likeness (QED) is 0.829. The number of aliphatic hydroxyl groups excluding tert-OH is 1. The number of nitrogens with two attached hydrogens (primary N) is 1. The molecule has 1 aromatic carbocycles. The first-order chi connectivity index (χ1) is 8.23. The number of hydrogen-bond acceptors (Lipinski definition) is 3. The summed E-state index contributed by atoms with van der Waals surface area (Å²) in [6, 6.07) is 7.99. The number of imidazole rings is 1. The van der Waals surface area contributed by atoms with Crippen molar-refractivity contribution in [2.75, 3.05) is 6.61 Å². The molecule has 2 aromatic rings. The monoisotopic (exact) mass is 231 g/mol. The zero-order valence-electron chi connectivity index (χ0n) is 9.71. The Morgan fingerprint density at radius 3 is 2.88 bits per heavy atom. The Morgan fingerprint density at radius 1 is 1.41 bits per heavy atom. The molecular weight excluding hydrogens is 214 g/mol. The maximum Gasteiger partial charge on any atom is 0.0958 e. The predicted octanol–water partition coefficient (Wildman–Crippen LogP) is 1.14. The van der Waals surface area contributed by atoms with Crippen LogP contribution >= 0.6 is 0 Å². The van der Waals surface area contributed by atoms with Crippen LogP contribution in [0, 0.1) is 5.92 Å². The molecule has 4 heteroatoms. The summed E-state index contributed by atoms with van der Waals surface area (Å²) in [5.74, 6) is 0.452. The number of nitrogens with zero attached hydrogens (tertiary/aromatic N) is 2. The van der Waals surface area contributed by atoms with Gasteiger partial charge in [-0.05, 0) is 30.9 Å². The molecular formula is C13H17N3O. The Balaban J connectivity index is 1.94. The van der Waals surface area contributed by atoms with E-state index in [0.717, 1.165) is 23.9 Å². The molecule has 0 radical (unpaired) electrons. The fourth-order valence-electron chi connectivity index (χ4n) is 2.42. The lowest BCUT2D eigenvalue weighted by Crippen LogP contribution is -2.49. The average Bonchev–Trinajstić information content (AvgIpc) is 3.14. The van der Waals surface area contributed by atoms with Gasteiger partial charge in [-0.2, -0.15) is 0 Å². The molecule has 1 aliphatic carbocycles. The summed E-state index contributed by atoms with van der Waals surface area (Å²) in [5, 5.41) is 9.51. The van der Waals surface area contributed by atoms with Gasteiger partial charge in [0, 0.05) is 6.54 Å². The van der Waals surface area contributed by atoms with Gasteiger partial charge in [-0.25, -0.2) is 4.98 Å². The SMILES string of the molecule is NC(CO)(Cn1cnc2ccccc21)C1CC1. The Kier molecular flexibility index (Phi) is 2.42. The van der Waals surface area contributed by atoms with Crippen LogP contribution in [-0.2, 0) is 6.54 Å². The number of fused-ring (bicyclic) bond motifs is 1. The number of aromatic nitrogens is 2. The van der Waals surface area contributed by atoms with Gasteiger partial charge in [0.15, 0.2) is 0 Å². The van der Waals surface area contributed by atoms with Crippen molar-refractivity contribution in [3.8, 4) is 0 Å². The Labute approximate surface area is 100 Å². The molecule has 4 nitrogen and oxygen atoms in total. The van der Waals surface area contributed by atoms with E-state index in [1.165, 1.54) is 0 Å². The highest BCUT2D eigenvalue weighted by atomic mass is 16.3. The van der Waals surface area contributed by atoms with Crippen molar-refractivity contribution in [2.45, 2.75) is 24.9 Å². The van der Waals surface area contributed by atoms with Crippen molar-refractivity contribution in [3.05, 3.63) is 30.6 Å². The molecule has 1 fully saturated rings. The van der Waals surface area contributed by atoms with E-state index in [0.29, 0.717) is 12.5 Å². The van der Waals surface area contributed by atoms with Crippen LogP contribution in [0.15, 0.2) is 30.6 Å². The van der Waals surface area contributed by atoms with Gasteiger partial charge in [-0.15, -0.1) is 0 Å². The van der Waals surface area contributed by atoms with Gasteiger partial charge in [0.1, 0.15) is 0 Å². The van der Waals surface area contributed by atoms with Gasteiger partial charge in [-0.1, -0.05) is 12.1 Å². The molecule has 0 aliphatic heterocycles. The van der Waals surface area contributed by atoms with Crippen molar-refractivity contribution in [1.82, 2.24) is 9.55 Å². The highest BCUT2D eigenvalue weighted by Crippen LogP contribution is 2.39. The molecule has 17 heavy (non-hydrogen) atoms. The summed E-state index contributed by atoms with van der Waals surface area (Å²) >= 11 is 0. The number of hydrogen-bond donors (Lipinski definition) is 2. The Morgan fingerprint density at radius 2 is 2.18 bits per heavy atom. The van der Waals surface area contributed by atoms with E-state index in [1.807, 2.05) is 35.2 Å². The van der Waals surface area contributed by atoms with Gasteiger partial charge in [0.2, 0.25) is 0 Å². The van der Waals surface area contributed by atoms with Crippen molar-refractivity contribution >= 4 is 11.0 Å². The third kappa shape index (κ3) is 1.83. The molecule has 1 unspecified atom stereocenters. The molecule has 1 saturated carbocycles. The van der Waals surface area contributed by atoms with Gasteiger partial charge in [-0.3, -0.25) is 0 Å². The second kappa shape index (κ2) is 3.82. The molecule has 1 aromatic heterocycles. The predicted molar refractivity (Wildman–Crippen MR) is 66.5 cm³/mol. The molecule has 3 rings (SSSR count). The van der Waals surface area contributed by atoms with Crippen molar-refractivity contribution in [1.29, 1.82) is 0 Å². The van der Waals surface area contributed by atoms with Crippen molar-refractivity contribution in [3.63, 3.8) is 0 Å². The van der Waals surface area contributed by atoms with E-state index in [2.05, 4.69) is 4.98 Å². The Bertz CT molecular complexity index is 532. The second-order valence-corrected chi connectivity index (χ2v) is 5.03. The lowest BCUT2D eigenvalue weighted by molar-refractivity contribution is 0.160. The summed E-state index contributed by atoms with van der Waals surface area (Å²) < 4.78 is 2.05. The molecule has 0 spiro atoms. The van der Waals surface area contributed by atoms with E-state index in [1.54, 1.807) is 0 Å². The summed E-state index contributed by atoms with van der Waals surface area (Å²) in [6.45, 7) is 0.666. The van der Waals surface area contributed by atoms with Crippen molar-refractivity contribution < 1.29 is 5.11 Å². The third-order valence-corrected chi connectivity index (χ3v) is 3.68. The average molecular weight is 231 g/mol. The molecule has 3 N–H and O–H groups in total.